The molecule has 548 valence electrons. The third-order valence-electron chi connectivity index (χ3n) is 18.9. The first-order chi connectivity index (χ1) is 49.0. The summed E-state index contributed by atoms with van der Waals surface area (Å²) in [5, 5.41) is 5.96. The number of amides is 3. The zero-order valence-electron chi connectivity index (χ0n) is 54.8. The lowest BCUT2D eigenvalue weighted by Gasteiger charge is -2.40. The van der Waals surface area contributed by atoms with Crippen molar-refractivity contribution in [2.45, 2.75) is 71.5 Å². The second kappa shape index (κ2) is 30.6. The first-order valence-electron chi connectivity index (χ1n) is 32.8. The highest BCUT2D eigenvalue weighted by Gasteiger charge is 2.42. The molecule has 23 nitrogen and oxygen atoms in total. The molecule has 3 aromatic heterocycles. The molecular formula is C69H84F4N14O9S6. The standard InChI is InChI=1S/C25H27F2N5O3S2.C23H24FN5O3S2.C21H19FN4O3S2.7H2/c1-17(18-2-7-21(26)22(27)16-18)30-11-13-31(14-12-30)23-8-10-32(24(23)33)19-3-5-20(6-4-19)37(34,35)29-25-28-9-15-36-25;24-17-1-3-18(4-2-17)27-12-14-28(15-13-27)21-9-11-29(22(21)30)19-5-7-20(8-6-19)34(31,32)26-23-25-10-16-33-23;22-15-1-6-18-14(13-15)7-10-26(18)19-8-11-25(20(19)27)16-2-4-17(5-3-16)31(28,29)24-21-23-9-12-30-21;;;;;;;/h2-7,9,15-17,23H,8,10-14H2,1H3,(H,28,29);1-8,10,16,21H,9,11-15H2,(H,25,26);1-6,9,12-13,19H,7-8,10-11H2,(H,23,24);7*1H/t17-,23-;21-;19-;;;;;;;/m000......./s1. The Bertz CT molecular complexity index is 4830. The van der Waals surface area contributed by atoms with Crippen molar-refractivity contribution in [1.29, 1.82) is 0 Å². The molecule has 3 amide bonds. The van der Waals surface area contributed by atoms with E-state index in [1.165, 1.54) is 119 Å². The Balaban J connectivity index is 0.000000248. The lowest BCUT2D eigenvalue weighted by molar-refractivity contribution is -0.122. The molecule has 0 bridgehead atoms. The zero-order valence-corrected chi connectivity index (χ0v) is 59.7. The van der Waals surface area contributed by atoms with Gasteiger partial charge in [-0.05, 0) is 171 Å². The molecule has 15 rings (SSSR count). The van der Waals surface area contributed by atoms with E-state index in [1.807, 2.05) is 11.8 Å². The summed E-state index contributed by atoms with van der Waals surface area (Å²) in [5.74, 6) is -2.21. The van der Waals surface area contributed by atoms with Crippen LogP contribution in [0.1, 0.15) is 53.3 Å². The number of hydrogen-bond acceptors (Lipinski definition) is 20. The van der Waals surface area contributed by atoms with Crippen molar-refractivity contribution in [3.8, 4) is 0 Å². The van der Waals surface area contributed by atoms with Gasteiger partial charge >= 0.3 is 0 Å². The number of nitrogens with zero attached hydrogens (tertiary/aromatic N) is 11. The van der Waals surface area contributed by atoms with Gasteiger partial charge in [-0.25, -0.2) is 57.8 Å². The number of sulfonamides is 3. The van der Waals surface area contributed by atoms with Crippen molar-refractivity contribution in [3.63, 3.8) is 0 Å². The second-order valence-corrected chi connectivity index (χ2v) is 32.6. The molecule has 6 aliphatic heterocycles. The minimum atomic E-state index is -3.76. The SMILES string of the molecule is C[C@@H](c1ccc(F)c(F)c1)N1CCN([C@H]2CCN(c3ccc(S(=O)(=O)Nc4nccs4)cc3)C2=O)CC1.O=C1[C@@H](N2CCN(c3ccc(F)cc3)CC2)CCN1c1ccc(S(=O)(=O)Nc2nccs2)cc1.O=C1[C@@H](N2CCc3cc(F)ccc32)CCN1c1ccc(S(=O)(=O)Nc2nccs2)cc1.[HH].[HH].[HH].[HH].[HH].[HH].[HH]. The van der Waals surface area contributed by atoms with Gasteiger partial charge in [0.2, 0.25) is 17.7 Å². The molecule has 9 heterocycles. The maximum Gasteiger partial charge on any atom is 0.263 e. The highest BCUT2D eigenvalue weighted by Crippen LogP contribution is 2.37. The molecule has 5 fully saturated rings. The Hall–Kier alpha value is -8.93. The average molecular weight is 1520 g/mol. The van der Waals surface area contributed by atoms with Crippen LogP contribution in [0, 0.1) is 23.3 Å². The highest BCUT2D eigenvalue weighted by atomic mass is 32.2. The molecule has 3 N–H and O–H groups in total. The van der Waals surface area contributed by atoms with Crippen molar-refractivity contribution in [3.05, 3.63) is 203 Å². The number of piperazine rings is 2. The fourth-order valence-corrected chi connectivity index (χ4v) is 18.9. The first kappa shape index (κ1) is 71.5. The van der Waals surface area contributed by atoms with E-state index in [0.717, 1.165) is 67.6 Å². The molecular weight excluding hydrogens is 1440 g/mol. The van der Waals surface area contributed by atoms with Crippen LogP contribution in [0.2, 0.25) is 0 Å². The molecule has 0 spiro atoms. The number of benzene rings is 6. The van der Waals surface area contributed by atoms with E-state index in [9.17, 15) is 57.2 Å². The summed E-state index contributed by atoms with van der Waals surface area (Å²) in [7, 11) is -11.2. The van der Waals surface area contributed by atoms with Crippen LogP contribution in [0.15, 0.2) is 183 Å². The average Bonchev–Trinajstić information content (AvgIpc) is 1.64. The van der Waals surface area contributed by atoms with Gasteiger partial charge in [0, 0.05) is 158 Å². The Morgan fingerprint density at radius 1 is 0.441 bits per heavy atom. The maximum atomic E-state index is 13.7. The second-order valence-electron chi connectivity index (χ2n) is 24.8. The number of halogens is 4. The van der Waals surface area contributed by atoms with Gasteiger partial charge in [-0.1, -0.05) is 6.07 Å². The lowest BCUT2D eigenvalue weighted by atomic mass is 10.1. The fourth-order valence-electron chi connectivity index (χ4n) is 13.6. The van der Waals surface area contributed by atoms with E-state index >= 15 is 0 Å². The summed E-state index contributed by atoms with van der Waals surface area (Å²) in [6, 6.07) is 33.3. The molecule has 0 saturated carbocycles. The summed E-state index contributed by atoms with van der Waals surface area (Å²) in [5.41, 5.74) is 5.55. The highest BCUT2D eigenvalue weighted by molar-refractivity contribution is 7.93. The molecule has 6 aromatic carbocycles. The third-order valence-corrected chi connectivity index (χ3v) is 25.4. The number of hydrogen-bond donors (Lipinski definition) is 3. The topological polar surface area (TPSA) is 254 Å². The largest absolute Gasteiger partial charge is 0.369 e. The number of aromatic nitrogens is 3. The summed E-state index contributed by atoms with van der Waals surface area (Å²) < 4.78 is 136. The molecule has 9 aromatic rings. The van der Waals surface area contributed by atoms with Crippen LogP contribution in [0.4, 0.5) is 61.4 Å². The summed E-state index contributed by atoms with van der Waals surface area (Å²) >= 11 is 3.59. The quantitative estimate of drug-likeness (QED) is 0.0675. The summed E-state index contributed by atoms with van der Waals surface area (Å²) in [6.45, 7) is 10.2. The van der Waals surface area contributed by atoms with Crippen molar-refractivity contribution < 1.29 is 67.2 Å². The number of thiazole rings is 3. The number of rotatable bonds is 18. The Morgan fingerprint density at radius 3 is 1.26 bits per heavy atom. The van der Waals surface area contributed by atoms with Gasteiger partial charge < -0.3 is 24.5 Å². The minimum Gasteiger partial charge on any atom is -0.369 e. The fraction of sp³-hybridized carbons (Fsp3) is 0.304. The molecule has 0 radical (unpaired) electrons. The van der Waals surface area contributed by atoms with E-state index < -0.39 is 41.7 Å². The molecule has 5 saturated heterocycles. The van der Waals surface area contributed by atoms with E-state index in [1.54, 1.807) is 91.5 Å². The Labute approximate surface area is 610 Å². The van der Waals surface area contributed by atoms with Crippen molar-refractivity contribution >= 4 is 126 Å². The van der Waals surface area contributed by atoms with Crippen LogP contribution in [0.3, 0.4) is 0 Å². The van der Waals surface area contributed by atoms with Crippen LogP contribution in [0.5, 0.6) is 0 Å². The predicted molar refractivity (Wildman–Crippen MR) is 401 cm³/mol. The van der Waals surface area contributed by atoms with Gasteiger partial charge in [-0.3, -0.25) is 43.2 Å². The normalized spacial score (nSPS) is 19.5. The number of carbonyl (C=O) groups is 3. The van der Waals surface area contributed by atoms with Crippen LogP contribution < -0.4 is 38.7 Å². The lowest BCUT2D eigenvalue weighted by Crippen LogP contribution is -2.52. The monoisotopic (exact) mass is 1520 g/mol. The van der Waals surface area contributed by atoms with Gasteiger partial charge in [0.05, 0.1) is 26.8 Å². The van der Waals surface area contributed by atoms with E-state index in [2.05, 4.69) is 48.7 Å². The first-order valence-corrected chi connectivity index (χ1v) is 39.9. The Kier molecular flexibility index (Phi) is 21.4. The van der Waals surface area contributed by atoms with Gasteiger partial charge in [-0.15, -0.1) is 34.0 Å². The van der Waals surface area contributed by atoms with Crippen LogP contribution in [-0.4, -0.2) is 169 Å². The van der Waals surface area contributed by atoms with Crippen LogP contribution in [0.25, 0.3) is 0 Å². The van der Waals surface area contributed by atoms with E-state index in [4.69, 9.17) is 0 Å². The van der Waals surface area contributed by atoms with Crippen LogP contribution >= 0.6 is 34.0 Å². The molecule has 33 heteroatoms. The van der Waals surface area contributed by atoms with Gasteiger partial charge in [0.15, 0.2) is 27.0 Å². The summed E-state index contributed by atoms with van der Waals surface area (Å²) in [4.78, 5) is 67.7. The Morgan fingerprint density at radius 2 is 0.843 bits per heavy atom. The molecule has 4 atom stereocenters. The number of anilines is 8. The van der Waals surface area contributed by atoms with Crippen molar-refractivity contribution in [1.82, 2.24) is 29.7 Å². The van der Waals surface area contributed by atoms with E-state index in [-0.39, 0.29) is 78.2 Å². The summed E-state index contributed by atoms with van der Waals surface area (Å²) in [6.07, 6.45) is 7.36. The maximum absolute atomic E-state index is 13.7. The number of carbonyl (C=O) groups excluding carboxylic acids is 3. The molecule has 0 unspecified atom stereocenters. The number of fused-ring (bicyclic) bond motifs is 1. The van der Waals surface area contributed by atoms with Crippen molar-refractivity contribution in [2.75, 3.05) is 117 Å². The number of nitrogens with one attached hydrogen (secondary N) is 3. The third kappa shape index (κ3) is 16.0. The zero-order chi connectivity index (χ0) is 71.5. The minimum absolute atomic E-state index is 0. The molecule has 6 aliphatic rings. The molecule has 102 heavy (non-hydrogen) atoms. The van der Waals surface area contributed by atoms with Crippen molar-refractivity contribution in [2.24, 2.45) is 0 Å². The van der Waals surface area contributed by atoms with Crippen LogP contribution in [-0.2, 0) is 50.9 Å². The van der Waals surface area contributed by atoms with Gasteiger partial charge in [-0.2, -0.15) is 0 Å². The molecule has 0 aliphatic carbocycles. The van der Waals surface area contributed by atoms with Gasteiger partial charge in [0.25, 0.3) is 30.1 Å². The smallest absolute Gasteiger partial charge is 0.263 e. The van der Waals surface area contributed by atoms with Gasteiger partial charge in [0.1, 0.15) is 17.7 Å². The van der Waals surface area contributed by atoms with E-state index in [0.29, 0.717) is 97.7 Å². The predicted octanol–water partition coefficient (Wildman–Crippen LogP) is 11.7.